The molecule has 4 aliphatic heterocycles. The fraction of sp³-hybridized carbons (Fsp3) is 0.423. The zero-order chi connectivity index (χ0) is 38.8. The van der Waals surface area contributed by atoms with E-state index in [-0.39, 0.29) is 28.6 Å². The zero-order valence-corrected chi connectivity index (χ0v) is 35.5. The van der Waals surface area contributed by atoms with Crippen LogP contribution in [0.3, 0.4) is 0 Å². The van der Waals surface area contributed by atoms with E-state index >= 15 is 0 Å². The molecule has 4 heterocycles. The molecule has 0 bridgehead atoms. The normalized spacial score (nSPS) is 27.8. The summed E-state index contributed by atoms with van der Waals surface area (Å²) in [5.74, 6) is 0. The molecule has 0 N–H and O–H groups in total. The molecular weight excluding hydrogens is 677 g/mol. The van der Waals surface area contributed by atoms with Gasteiger partial charge in [0.2, 0.25) is 0 Å². The van der Waals surface area contributed by atoms with Gasteiger partial charge in [-0.3, -0.25) is 0 Å². The SMILES string of the molecule is Cc1cccc(N2c3cc(C)ccc3B3c4c2cc(N2c5cc(C)cc(C)c5C5(C)CCCCC25C)cc4N2c4c3c(C)cc(C)c4C3(C)CCCCC23C)c1. The fourth-order valence-corrected chi connectivity index (χ4v) is 14.1. The van der Waals surface area contributed by atoms with Crippen LogP contribution < -0.4 is 31.1 Å². The van der Waals surface area contributed by atoms with Gasteiger partial charge in [0.1, 0.15) is 0 Å². The largest absolute Gasteiger partial charge is 0.335 e. The summed E-state index contributed by atoms with van der Waals surface area (Å²) < 4.78 is 0. The molecule has 4 heteroatoms. The Kier molecular flexibility index (Phi) is 6.92. The number of rotatable bonds is 2. The molecule has 6 aliphatic rings. The summed E-state index contributed by atoms with van der Waals surface area (Å²) >= 11 is 0. The van der Waals surface area contributed by atoms with Gasteiger partial charge in [-0.1, -0.05) is 81.5 Å². The van der Waals surface area contributed by atoms with Crippen molar-refractivity contribution in [1.82, 2.24) is 0 Å². The molecule has 5 aromatic carbocycles. The van der Waals surface area contributed by atoms with Gasteiger partial charge in [0.05, 0.1) is 11.1 Å². The number of hydrogen-bond donors (Lipinski definition) is 0. The molecule has 4 unspecified atom stereocenters. The first-order chi connectivity index (χ1) is 26.7. The van der Waals surface area contributed by atoms with E-state index < -0.39 is 0 Å². The minimum atomic E-state index is -0.0387. The van der Waals surface area contributed by atoms with E-state index in [4.69, 9.17) is 0 Å². The minimum absolute atomic E-state index is 0.0285. The standard InChI is InChI=1S/C52H58BN3/c1-31-16-15-17-37(25-31)54-40-26-32(2)18-19-39(40)53-46-36(6)28-35(5)45-48(46)56(52(10)23-14-12-21-50(45,52)8)43-30-38(29-42(54)47(43)53)55-41-27-33(3)24-34(4)44(41)49(7)20-11-13-22-51(49,55)9/h15-19,24-30H,11-14,20-23H2,1-10H3. The average molecular weight is 736 g/mol. The Hall–Kier alpha value is -4.44. The highest BCUT2D eigenvalue weighted by Crippen LogP contribution is 2.65. The molecule has 4 atom stereocenters. The molecule has 0 spiro atoms. The summed E-state index contributed by atoms with van der Waals surface area (Å²) in [7, 11) is 0. The third-order valence-corrected chi connectivity index (χ3v) is 16.8. The van der Waals surface area contributed by atoms with Crippen LogP contribution in [0.15, 0.2) is 72.8 Å². The Morgan fingerprint density at radius 2 is 1.11 bits per heavy atom. The van der Waals surface area contributed by atoms with Crippen molar-refractivity contribution in [3.05, 3.63) is 117 Å². The van der Waals surface area contributed by atoms with Crippen molar-refractivity contribution < 1.29 is 0 Å². The quantitative estimate of drug-likeness (QED) is 0.164. The van der Waals surface area contributed by atoms with Crippen molar-refractivity contribution in [3.63, 3.8) is 0 Å². The van der Waals surface area contributed by atoms with E-state index in [9.17, 15) is 0 Å². The number of aryl methyl sites for hydroxylation is 6. The minimum Gasteiger partial charge on any atom is -0.335 e. The first-order valence-corrected chi connectivity index (χ1v) is 21.7. The lowest BCUT2D eigenvalue weighted by molar-refractivity contribution is 0.193. The van der Waals surface area contributed by atoms with Gasteiger partial charge in [0.25, 0.3) is 6.71 Å². The Morgan fingerprint density at radius 1 is 0.482 bits per heavy atom. The Morgan fingerprint density at radius 3 is 1.84 bits per heavy atom. The van der Waals surface area contributed by atoms with Crippen molar-refractivity contribution in [1.29, 1.82) is 0 Å². The topological polar surface area (TPSA) is 9.72 Å². The van der Waals surface area contributed by atoms with E-state index in [1.54, 1.807) is 16.6 Å². The number of fused-ring (bicyclic) bond motifs is 10. The zero-order valence-electron chi connectivity index (χ0n) is 35.5. The summed E-state index contributed by atoms with van der Waals surface area (Å²) in [4.78, 5) is 8.47. The van der Waals surface area contributed by atoms with Gasteiger partial charge in [-0.2, -0.15) is 0 Å². The first kappa shape index (κ1) is 34.8. The third kappa shape index (κ3) is 4.02. The van der Waals surface area contributed by atoms with Crippen molar-refractivity contribution in [2.75, 3.05) is 14.7 Å². The molecule has 284 valence electrons. The highest BCUT2D eigenvalue weighted by molar-refractivity contribution is 7.00. The second-order valence-corrected chi connectivity index (χ2v) is 20.0. The van der Waals surface area contributed by atoms with Gasteiger partial charge < -0.3 is 14.7 Å². The highest BCUT2D eigenvalue weighted by atomic mass is 15.3. The summed E-state index contributed by atoms with van der Waals surface area (Å²) in [6, 6.07) is 29.4. The lowest BCUT2D eigenvalue weighted by Crippen LogP contribution is -2.65. The van der Waals surface area contributed by atoms with Crippen LogP contribution >= 0.6 is 0 Å². The van der Waals surface area contributed by atoms with Crippen LogP contribution in [0.1, 0.15) is 124 Å². The smallest absolute Gasteiger partial charge is 0.252 e. The maximum absolute atomic E-state index is 2.95. The van der Waals surface area contributed by atoms with Crippen LogP contribution in [-0.2, 0) is 10.8 Å². The van der Waals surface area contributed by atoms with Crippen molar-refractivity contribution in [2.24, 2.45) is 0 Å². The summed E-state index contributed by atoms with van der Waals surface area (Å²) in [6.07, 6.45) is 10.0. The summed E-state index contributed by atoms with van der Waals surface area (Å²) in [5.41, 5.74) is 25.8. The predicted molar refractivity (Wildman–Crippen MR) is 240 cm³/mol. The van der Waals surface area contributed by atoms with E-state index in [1.807, 2.05) is 0 Å². The van der Waals surface area contributed by atoms with E-state index in [0.717, 1.165) is 0 Å². The van der Waals surface area contributed by atoms with Crippen LogP contribution in [0.5, 0.6) is 0 Å². The average Bonchev–Trinajstić information content (AvgIpc) is 3.49. The van der Waals surface area contributed by atoms with Gasteiger partial charge >= 0.3 is 0 Å². The Labute approximate surface area is 336 Å². The Balaban J connectivity index is 1.30. The van der Waals surface area contributed by atoms with Crippen LogP contribution in [0.2, 0.25) is 0 Å². The monoisotopic (exact) mass is 735 g/mol. The fourth-order valence-electron chi connectivity index (χ4n) is 14.1. The van der Waals surface area contributed by atoms with Crippen LogP contribution in [-0.4, -0.2) is 17.8 Å². The molecule has 2 fully saturated rings. The van der Waals surface area contributed by atoms with Crippen molar-refractivity contribution in [2.45, 2.75) is 143 Å². The van der Waals surface area contributed by atoms with E-state index in [2.05, 4.69) is 157 Å². The highest BCUT2D eigenvalue weighted by Gasteiger charge is 2.63. The second-order valence-electron chi connectivity index (χ2n) is 20.0. The van der Waals surface area contributed by atoms with E-state index in [0.29, 0.717) is 0 Å². The molecule has 5 aromatic rings. The number of anilines is 7. The number of nitrogens with zero attached hydrogens (tertiary/aromatic N) is 3. The molecule has 2 aliphatic carbocycles. The van der Waals surface area contributed by atoms with Crippen LogP contribution in [0, 0.1) is 41.5 Å². The van der Waals surface area contributed by atoms with E-state index in [1.165, 1.54) is 135 Å². The first-order valence-electron chi connectivity index (χ1n) is 21.7. The molecule has 0 aromatic heterocycles. The molecule has 11 rings (SSSR count). The second kappa shape index (κ2) is 11.1. The lowest BCUT2D eigenvalue weighted by atomic mass is 9.32. The maximum Gasteiger partial charge on any atom is 0.252 e. The van der Waals surface area contributed by atoms with Crippen LogP contribution in [0.25, 0.3) is 0 Å². The lowest BCUT2D eigenvalue weighted by Gasteiger charge is -2.54. The third-order valence-electron chi connectivity index (χ3n) is 16.8. The summed E-state index contributed by atoms with van der Waals surface area (Å²) in [5, 5.41) is 0. The van der Waals surface area contributed by atoms with Crippen molar-refractivity contribution in [3.8, 4) is 0 Å². The molecule has 56 heavy (non-hydrogen) atoms. The van der Waals surface area contributed by atoms with Gasteiger partial charge in [-0.15, -0.1) is 0 Å². The van der Waals surface area contributed by atoms with Gasteiger partial charge in [0.15, 0.2) is 0 Å². The van der Waals surface area contributed by atoms with Gasteiger partial charge in [0, 0.05) is 50.6 Å². The van der Waals surface area contributed by atoms with Crippen LogP contribution in [0.4, 0.5) is 39.8 Å². The number of benzene rings is 5. The molecule has 2 saturated carbocycles. The molecule has 3 nitrogen and oxygen atoms in total. The maximum atomic E-state index is 2.95. The van der Waals surface area contributed by atoms with Gasteiger partial charge in [-0.25, -0.2) is 0 Å². The molecule has 0 radical (unpaired) electrons. The summed E-state index contributed by atoms with van der Waals surface area (Å²) in [6.45, 7) is 24.7. The molecule has 0 saturated heterocycles. The predicted octanol–water partition coefficient (Wildman–Crippen LogP) is 11.6. The van der Waals surface area contributed by atoms with Crippen molar-refractivity contribution >= 4 is 62.9 Å². The Bertz CT molecular complexity index is 2570. The molecule has 0 amide bonds. The van der Waals surface area contributed by atoms with Gasteiger partial charge in [-0.05, 0) is 173 Å². The number of hydrogen-bond acceptors (Lipinski definition) is 3. The molecular formula is C52H58BN3.